The van der Waals surface area contributed by atoms with E-state index in [1.807, 2.05) is 11.6 Å². The Balaban J connectivity index is 1.33. The third kappa shape index (κ3) is 2.73. The van der Waals surface area contributed by atoms with Crippen LogP contribution in [0.2, 0.25) is 0 Å². The van der Waals surface area contributed by atoms with Crippen molar-refractivity contribution in [1.29, 1.82) is 0 Å². The number of imidazole rings is 1. The molecule has 1 aromatic carbocycles. The van der Waals surface area contributed by atoms with Gasteiger partial charge in [-0.05, 0) is 36.5 Å². The average Bonchev–Trinajstić information content (AvgIpc) is 3.18. The van der Waals surface area contributed by atoms with E-state index in [9.17, 15) is 9.18 Å². The Hall–Kier alpha value is -1.91. The van der Waals surface area contributed by atoms with Gasteiger partial charge in [-0.25, -0.2) is 9.37 Å². The number of hydrogen-bond donors (Lipinski definition) is 1. The topological polar surface area (TPSA) is 46.9 Å². The lowest BCUT2D eigenvalue weighted by Crippen LogP contribution is -2.29. The van der Waals surface area contributed by atoms with Crippen molar-refractivity contribution < 1.29 is 9.18 Å². The number of halogens is 1. The molecule has 2 atom stereocenters. The maximum absolute atomic E-state index is 13.3. The second-order valence-corrected chi connectivity index (χ2v) is 6.96. The second-order valence-electron chi connectivity index (χ2n) is 6.96. The van der Waals surface area contributed by atoms with Crippen molar-refractivity contribution in [2.45, 2.75) is 32.1 Å². The van der Waals surface area contributed by atoms with Gasteiger partial charge in [0.1, 0.15) is 11.6 Å². The number of benzene rings is 1. The number of fused-ring (bicyclic) bond motifs is 1. The van der Waals surface area contributed by atoms with Gasteiger partial charge in [0.25, 0.3) is 0 Å². The summed E-state index contributed by atoms with van der Waals surface area (Å²) in [6, 6.07) is 4.62. The minimum atomic E-state index is -0.254. The van der Waals surface area contributed by atoms with Gasteiger partial charge < -0.3 is 9.88 Å². The molecule has 0 bridgehead atoms. The average molecular weight is 315 g/mol. The minimum absolute atomic E-state index is 0.201. The monoisotopic (exact) mass is 315 g/mol. The van der Waals surface area contributed by atoms with Crippen LogP contribution < -0.4 is 5.32 Å². The largest absolute Gasteiger partial charge is 0.355 e. The highest BCUT2D eigenvalue weighted by Gasteiger charge is 2.48. The molecule has 1 aromatic heterocycles. The third-order valence-corrected chi connectivity index (χ3v) is 5.52. The molecule has 2 saturated carbocycles. The van der Waals surface area contributed by atoms with E-state index in [-0.39, 0.29) is 17.6 Å². The molecule has 0 unspecified atom stereocenters. The van der Waals surface area contributed by atoms with Gasteiger partial charge >= 0.3 is 0 Å². The smallest absolute Gasteiger partial charge is 0.223 e. The van der Waals surface area contributed by atoms with E-state index in [2.05, 4.69) is 10.3 Å². The zero-order valence-electron chi connectivity index (χ0n) is 13.4. The minimum Gasteiger partial charge on any atom is -0.355 e. The summed E-state index contributed by atoms with van der Waals surface area (Å²) in [5, 5.41) is 3.04. The molecule has 122 valence electrons. The molecule has 2 aliphatic rings. The number of carbonyl (C=O) groups excluding carboxylic acids is 1. The number of nitrogens with zero attached hydrogens (tertiary/aromatic N) is 2. The highest BCUT2D eigenvalue weighted by atomic mass is 19.1. The molecule has 0 spiro atoms. The van der Waals surface area contributed by atoms with Crippen molar-refractivity contribution in [2.24, 2.45) is 24.8 Å². The van der Waals surface area contributed by atoms with Crippen molar-refractivity contribution in [3.63, 3.8) is 0 Å². The molecule has 0 aliphatic heterocycles. The van der Waals surface area contributed by atoms with Gasteiger partial charge in [-0.1, -0.05) is 19.3 Å². The molecule has 4 rings (SSSR count). The Labute approximate surface area is 135 Å². The van der Waals surface area contributed by atoms with Crippen LogP contribution >= 0.6 is 0 Å². The predicted molar refractivity (Wildman–Crippen MR) is 86.3 cm³/mol. The van der Waals surface area contributed by atoms with E-state index in [1.54, 1.807) is 6.07 Å². The molecular weight excluding hydrogens is 293 g/mol. The fourth-order valence-electron chi connectivity index (χ4n) is 3.77. The van der Waals surface area contributed by atoms with Crippen LogP contribution in [0.15, 0.2) is 18.2 Å². The van der Waals surface area contributed by atoms with Gasteiger partial charge in [0, 0.05) is 25.9 Å². The summed E-state index contributed by atoms with van der Waals surface area (Å²) in [6.07, 6.45) is 5.69. The third-order valence-electron chi connectivity index (χ3n) is 5.52. The van der Waals surface area contributed by atoms with E-state index in [1.165, 1.54) is 31.4 Å². The zero-order chi connectivity index (χ0) is 16.0. The van der Waals surface area contributed by atoms with Crippen LogP contribution in [0.25, 0.3) is 11.0 Å². The second kappa shape index (κ2) is 5.62. The van der Waals surface area contributed by atoms with Crippen LogP contribution in [0.4, 0.5) is 4.39 Å². The molecule has 5 heteroatoms. The number of amides is 1. The fraction of sp³-hybridized carbons (Fsp3) is 0.556. The fourth-order valence-corrected chi connectivity index (χ4v) is 3.77. The quantitative estimate of drug-likeness (QED) is 0.922. The standard InChI is InChI=1S/C18H22FN3O/c1-22-16-9-12(19)5-6-15(16)21-17(22)7-8-20-18(23)14-10-13(14)11-3-2-4-11/h5-6,9,11,13-14H,2-4,7-8,10H2,1H3,(H,20,23)/t13-,14+/m0/s1. The van der Waals surface area contributed by atoms with E-state index >= 15 is 0 Å². The molecular formula is C18H22FN3O. The number of hydrogen-bond acceptors (Lipinski definition) is 2. The molecule has 1 heterocycles. The van der Waals surface area contributed by atoms with Crippen LogP contribution in [-0.4, -0.2) is 22.0 Å². The highest BCUT2D eigenvalue weighted by molar-refractivity contribution is 5.81. The van der Waals surface area contributed by atoms with Crippen molar-refractivity contribution in [1.82, 2.24) is 14.9 Å². The summed E-state index contributed by atoms with van der Waals surface area (Å²) in [7, 11) is 1.89. The highest BCUT2D eigenvalue weighted by Crippen LogP contribution is 2.51. The van der Waals surface area contributed by atoms with Crippen molar-refractivity contribution in [3.05, 3.63) is 29.8 Å². The molecule has 4 nitrogen and oxygen atoms in total. The molecule has 2 fully saturated rings. The van der Waals surface area contributed by atoms with Crippen LogP contribution in [0.3, 0.4) is 0 Å². The molecule has 1 N–H and O–H groups in total. The van der Waals surface area contributed by atoms with Gasteiger partial charge in [-0.3, -0.25) is 4.79 Å². The first-order chi connectivity index (χ1) is 11.1. The summed E-state index contributed by atoms with van der Waals surface area (Å²) in [6.45, 7) is 0.590. The number of carbonyl (C=O) groups is 1. The Morgan fingerprint density at radius 3 is 3.00 bits per heavy atom. The van der Waals surface area contributed by atoms with Crippen LogP contribution in [0.5, 0.6) is 0 Å². The van der Waals surface area contributed by atoms with Crippen molar-refractivity contribution in [3.8, 4) is 0 Å². The van der Waals surface area contributed by atoms with Crippen molar-refractivity contribution >= 4 is 16.9 Å². The Morgan fingerprint density at radius 2 is 2.26 bits per heavy atom. The number of aromatic nitrogens is 2. The number of nitrogens with one attached hydrogen (secondary N) is 1. The summed E-state index contributed by atoms with van der Waals surface area (Å²) in [5.41, 5.74) is 1.58. The van der Waals surface area contributed by atoms with Gasteiger partial charge in [0.15, 0.2) is 0 Å². The first kappa shape index (κ1) is 14.7. The predicted octanol–water partition coefficient (Wildman–Crippen LogP) is 2.81. The van der Waals surface area contributed by atoms with E-state index in [0.29, 0.717) is 18.9 Å². The normalized spacial score (nSPS) is 23.7. The van der Waals surface area contributed by atoms with E-state index in [4.69, 9.17) is 0 Å². The molecule has 23 heavy (non-hydrogen) atoms. The molecule has 2 aliphatic carbocycles. The lowest BCUT2D eigenvalue weighted by atomic mass is 9.81. The maximum Gasteiger partial charge on any atom is 0.223 e. The lowest BCUT2D eigenvalue weighted by Gasteiger charge is -2.25. The Bertz CT molecular complexity index is 750. The van der Waals surface area contributed by atoms with Crippen LogP contribution in [0, 0.1) is 23.6 Å². The van der Waals surface area contributed by atoms with Gasteiger partial charge in [-0.2, -0.15) is 0 Å². The molecule has 0 saturated heterocycles. The summed E-state index contributed by atoms with van der Waals surface area (Å²) in [4.78, 5) is 16.7. The number of aryl methyl sites for hydroxylation is 1. The van der Waals surface area contributed by atoms with Gasteiger partial charge in [-0.15, -0.1) is 0 Å². The van der Waals surface area contributed by atoms with E-state index < -0.39 is 0 Å². The van der Waals surface area contributed by atoms with Gasteiger partial charge in [0.2, 0.25) is 5.91 Å². The first-order valence-electron chi connectivity index (χ1n) is 8.52. The van der Waals surface area contributed by atoms with Crippen molar-refractivity contribution in [2.75, 3.05) is 6.54 Å². The summed E-state index contributed by atoms with van der Waals surface area (Å²) in [5.74, 6) is 2.51. The first-order valence-corrected chi connectivity index (χ1v) is 8.52. The molecule has 1 amide bonds. The van der Waals surface area contributed by atoms with Crippen LogP contribution in [-0.2, 0) is 18.3 Å². The van der Waals surface area contributed by atoms with E-state index in [0.717, 1.165) is 29.2 Å². The van der Waals surface area contributed by atoms with Crippen LogP contribution in [0.1, 0.15) is 31.5 Å². The zero-order valence-corrected chi connectivity index (χ0v) is 13.4. The SMILES string of the molecule is Cn1c(CCNC(=O)[C@@H]2C[C@H]2C2CCC2)nc2ccc(F)cc21. The molecule has 0 radical (unpaired) electrons. The van der Waals surface area contributed by atoms with Gasteiger partial charge in [0.05, 0.1) is 11.0 Å². The summed E-state index contributed by atoms with van der Waals surface area (Å²) >= 11 is 0. The summed E-state index contributed by atoms with van der Waals surface area (Å²) < 4.78 is 15.2. The lowest BCUT2D eigenvalue weighted by molar-refractivity contribution is -0.122. The Kier molecular flexibility index (Phi) is 3.58. The number of rotatable bonds is 5. The maximum atomic E-state index is 13.3. The molecule has 2 aromatic rings. The Morgan fingerprint density at radius 1 is 1.43 bits per heavy atom.